The highest BCUT2D eigenvalue weighted by Gasteiger charge is 2.23. The number of anilines is 2. The molecule has 4 nitrogen and oxygen atoms in total. The fourth-order valence-electron chi connectivity index (χ4n) is 1.85. The molecule has 0 unspecified atom stereocenters. The Labute approximate surface area is 117 Å². The molecule has 0 bridgehead atoms. The summed E-state index contributed by atoms with van der Waals surface area (Å²) >= 11 is 0. The van der Waals surface area contributed by atoms with Crippen molar-refractivity contribution < 1.29 is 12.8 Å². The van der Waals surface area contributed by atoms with Gasteiger partial charge in [-0.2, -0.15) is 0 Å². The molecule has 2 aromatic rings. The fraction of sp³-hybridized carbons (Fsp3) is 0.143. The molecular weight excluding hydrogens is 279 g/mol. The topological polar surface area (TPSA) is 63.4 Å². The van der Waals surface area contributed by atoms with E-state index in [1.165, 1.54) is 37.4 Å². The Balaban J connectivity index is 2.49. The smallest absolute Gasteiger partial charge is 0.264 e. The number of hydrogen-bond donors (Lipinski definition) is 1. The van der Waals surface area contributed by atoms with Crippen LogP contribution in [0.2, 0.25) is 0 Å². The van der Waals surface area contributed by atoms with Crippen LogP contribution in [0.1, 0.15) is 5.56 Å². The van der Waals surface area contributed by atoms with Crippen molar-refractivity contribution in [3.05, 3.63) is 53.8 Å². The lowest BCUT2D eigenvalue weighted by molar-refractivity contribution is 0.593. The molecule has 2 aromatic carbocycles. The molecule has 0 spiro atoms. The lowest BCUT2D eigenvalue weighted by atomic mass is 10.2. The van der Waals surface area contributed by atoms with Gasteiger partial charge >= 0.3 is 0 Å². The number of rotatable bonds is 3. The third-order valence-corrected chi connectivity index (χ3v) is 5.08. The first-order valence-electron chi connectivity index (χ1n) is 5.93. The molecule has 0 radical (unpaired) electrons. The summed E-state index contributed by atoms with van der Waals surface area (Å²) in [5, 5.41) is 0. The highest BCUT2D eigenvalue weighted by atomic mass is 32.2. The van der Waals surface area contributed by atoms with Crippen LogP contribution >= 0.6 is 0 Å². The monoisotopic (exact) mass is 294 g/mol. The van der Waals surface area contributed by atoms with Crippen LogP contribution in [0.5, 0.6) is 0 Å². The molecule has 0 amide bonds. The first kappa shape index (κ1) is 14.3. The van der Waals surface area contributed by atoms with Crippen molar-refractivity contribution in [2.75, 3.05) is 17.1 Å². The Kier molecular flexibility index (Phi) is 3.67. The largest absolute Gasteiger partial charge is 0.398 e. The van der Waals surface area contributed by atoms with Crippen molar-refractivity contribution in [1.82, 2.24) is 0 Å². The number of benzene rings is 2. The van der Waals surface area contributed by atoms with Crippen molar-refractivity contribution in [1.29, 1.82) is 0 Å². The van der Waals surface area contributed by atoms with Crippen molar-refractivity contribution in [3.8, 4) is 0 Å². The van der Waals surface area contributed by atoms with Gasteiger partial charge in [0.15, 0.2) is 0 Å². The van der Waals surface area contributed by atoms with Gasteiger partial charge in [-0.3, -0.25) is 4.31 Å². The first-order chi connectivity index (χ1) is 9.34. The Hall–Kier alpha value is -2.08. The van der Waals surface area contributed by atoms with E-state index in [-0.39, 0.29) is 4.90 Å². The quantitative estimate of drug-likeness (QED) is 0.885. The van der Waals surface area contributed by atoms with E-state index in [0.29, 0.717) is 16.9 Å². The highest BCUT2D eigenvalue weighted by molar-refractivity contribution is 7.92. The molecule has 20 heavy (non-hydrogen) atoms. The van der Waals surface area contributed by atoms with Gasteiger partial charge in [0.1, 0.15) is 5.82 Å². The summed E-state index contributed by atoms with van der Waals surface area (Å²) in [5.41, 5.74) is 7.04. The molecule has 2 N–H and O–H groups in total. The van der Waals surface area contributed by atoms with Crippen molar-refractivity contribution in [2.24, 2.45) is 0 Å². The number of nitrogens with two attached hydrogens (primary N) is 1. The predicted octanol–water partition coefficient (Wildman–Crippen LogP) is 2.54. The second-order valence-electron chi connectivity index (χ2n) is 4.42. The van der Waals surface area contributed by atoms with Crippen molar-refractivity contribution in [3.63, 3.8) is 0 Å². The second kappa shape index (κ2) is 5.13. The van der Waals surface area contributed by atoms with Crippen molar-refractivity contribution in [2.45, 2.75) is 11.8 Å². The maximum Gasteiger partial charge on any atom is 0.264 e. The van der Waals surface area contributed by atoms with Crippen LogP contribution in [-0.2, 0) is 10.0 Å². The van der Waals surface area contributed by atoms with Gasteiger partial charge in [-0.25, -0.2) is 12.8 Å². The van der Waals surface area contributed by atoms with Crippen molar-refractivity contribution >= 4 is 21.4 Å². The zero-order chi connectivity index (χ0) is 14.9. The molecule has 0 aliphatic carbocycles. The zero-order valence-corrected chi connectivity index (χ0v) is 12.0. The van der Waals surface area contributed by atoms with E-state index < -0.39 is 15.8 Å². The molecule has 0 saturated heterocycles. The van der Waals surface area contributed by atoms with Crippen LogP contribution in [-0.4, -0.2) is 15.5 Å². The predicted molar refractivity (Wildman–Crippen MR) is 77.6 cm³/mol. The molecule has 0 atom stereocenters. The molecule has 0 aliphatic heterocycles. The van der Waals surface area contributed by atoms with Gasteiger partial charge in [-0.15, -0.1) is 0 Å². The summed E-state index contributed by atoms with van der Waals surface area (Å²) in [7, 11) is -2.31. The lowest BCUT2D eigenvalue weighted by Gasteiger charge is -2.21. The van der Waals surface area contributed by atoms with E-state index in [4.69, 9.17) is 5.73 Å². The number of nitrogens with zero attached hydrogens (tertiary/aromatic N) is 1. The normalized spacial score (nSPS) is 11.3. The Bertz CT molecular complexity index is 727. The fourth-order valence-corrected chi connectivity index (χ4v) is 3.30. The second-order valence-corrected chi connectivity index (χ2v) is 6.36. The summed E-state index contributed by atoms with van der Waals surface area (Å²) in [6, 6.07) is 9.99. The van der Waals surface area contributed by atoms with E-state index in [0.717, 1.165) is 4.31 Å². The van der Waals surface area contributed by atoms with Crippen LogP contribution < -0.4 is 10.0 Å². The number of nitrogen functional groups attached to an aromatic ring is 1. The maximum absolute atomic E-state index is 12.9. The van der Waals surface area contributed by atoms with Gasteiger partial charge in [-0.05, 0) is 48.9 Å². The van der Waals surface area contributed by atoms with Crippen LogP contribution in [0.25, 0.3) is 0 Å². The third-order valence-electron chi connectivity index (χ3n) is 3.15. The summed E-state index contributed by atoms with van der Waals surface area (Å²) in [5.74, 6) is -0.417. The maximum atomic E-state index is 12.9. The van der Waals surface area contributed by atoms with E-state index in [1.54, 1.807) is 19.1 Å². The number of halogens is 1. The minimum absolute atomic E-state index is 0.143. The third kappa shape index (κ3) is 2.46. The molecule has 0 heterocycles. The first-order valence-corrected chi connectivity index (χ1v) is 7.37. The molecule has 6 heteroatoms. The molecular formula is C14H15FN2O2S. The van der Waals surface area contributed by atoms with Gasteiger partial charge in [-0.1, -0.05) is 6.07 Å². The Morgan fingerprint density at radius 2 is 1.70 bits per heavy atom. The summed E-state index contributed by atoms with van der Waals surface area (Å²) in [6.07, 6.45) is 0. The molecule has 0 saturated carbocycles. The molecule has 0 aromatic heterocycles. The number of sulfonamides is 1. The van der Waals surface area contributed by atoms with Crippen LogP contribution in [0, 0.1) is 12.7 Å². The van der Waals surface area contributed by atoms with Gasteiger partial charge in [0, 0.05) is 12.7 Å². The van der Waals surface area contributed by atoms with E-state index in [1.807, 2.05) is 0 Å². The van der Waals surface area contributed by atoms with Crippen LogP contribution in [0.4, 0.5) is 15.8 Å². The summed E-state index contributed by atoms with van der Waals surface area (Å²) in [4.78, 5) is 0.143. The molecule has 0 fully saturated rings. The summed E-state index contributed by atoms with van der Waals surface area (Å²) in [6.45, 7) is 1.65. The Morgan fingerprint density at radius 3 is 2.30 bits per heavy atom. The lowest BCUT2D eigenvalue weighted by Crippen LogP contribution is -2.27. The standard InChI is InChI=1S/C14H15FN2O2S/c1-10-13(16)4-3-5-14(10)20(18,19)17(2)12-8-6-11(15)7-9-12/h3-9H,16H2,1-2H3. The molecule has 0 aliphatic rings. The Morgan fingerprint density at radius 1 is 1.10 bits per heavy atom. The number of hydrogen-bond acceptors (Lipinski definition) is 3. The SMILES string of the molecule is Cc1c(N)cccc1S(=O)(=O)N(C)c1ccc(F)cc1. The van der Waals surface area contributed by atoms with Gasteiger partial charge in [0.05, 0.1) is 10.6 Å². The average molecular weight is 294 g/mol. The highest BCUT2D eigenvalue weighted by Crippen LogP contribution is 2.26. The summed E-state index contributed by atoms with van der Waals surface area (Å²) < 4.78 is 39.1. The molecule has 106 valence electrons. The minimum atomic E-state index is -3.73. The van der Waals surface area contributed by atoms with E-state index in [2.05, 4.69) is 0 Å². The van der Waals surface area contributed by atoms with Gasteiger partial charge in [0.25, 0.3) is 10.0 Å². The van der Waals surface area contributed by atoms with Crippen LogP contribution in [0.3, 0.4) is 0 Å². The minimum Gasteiger partial charge on any atom is -0.398 e. The van der Waals surface area contributed by atoms with E-state index in [9.17, 15) is 12.8 Å². The van der Waals surface area contributed by atoms with E-state index >= 15 is 0 Å². The van der Waals surface area contributed by atoms with Gasteiger partial charge in [0.2, 0.25) is 0 Å². The van der Waals surface area contributed by atoms with Gasteiger partial charge < -0.3 is 5.73 Å². The van der Waals surface area contributed by atoms with Crippen LogP contribution in [0.15, 0.2) is 47.4 Å². The average Bonchev–Trinajstić information content (AvgIpc) is 2.41. The molecule has 2 rings (SSSR count). The zero-order valence-electron chi connectivity index (χ0n) is 11.2.